The molecule has 3 heterocycles. The summed E-state index contributed by atoms with van der Waals surface area (Å²) in [6, 6.07) is 6.67. The molecule has 1 aliphatic heterocycles. The van der Waals surface area contributed by atoms with Gasteiger partial charge in [-0.25, -0.2) is 8.78 Å². The Labute approximate surface area is 218 Å². The van der Waals surface area contributed by atoms with Gasteiger partial charge >= 0.3 is 5.97 Å². The molecule has 1 fully saturated rings. The van der Waals surface area contributed by atoms with Gasteiger partial charge in [-0.05, 0) is 67.3 Å². The number of carboxylic acid groups (broad SMARTS) is 1. The molecule has 1 aromatic carbocycles. The molecule has 9 heteroatoms. The first-order chi connectivity index (χ1) is 17.4. The van der Waals surface area contributed by atoms with E-state index in [-0.39, 0.29) is 35.5 Å². The molecule has 36 heavy (non-hydrogen) atoms. The number of nitrogens with zero attached hydrogens (tertiary/aromatic N) is 2. The van der Waals surface area contributed by atoms with Crippen molar-refractivity contribution in [1.82, 2.24) is 9.88 Å². The number of pyridine rings is 1. The number of rotatable bonds is 8. The Kier molecular flexibility index (Phi) is 8.78. The van der Waals surface area contributed by atoms with E-state index in [4.69, 9.17) is 16.3 Å². The molecule has 1 aliphatic rings. The number of hydrogen-bond donors (Lipinski definition) is 1. The summed E-state index contributed by atoms with van der Waals surface area (Å²) in [5, 5.41) is 12.0. The number of piperidine rings is 1. The molecule has 190 valence electrons. The van der Waals surface area contributed by atoms with Crippen LogP contribution in [0, 0.1) is 29.5 Å². The lowest BCUT2D eigenvalue weighted by Gasteiger charge is -2.37. The van der Waals surface area contributed by atoms with Gasteiger partial charge in [0.25, 0.3) is 0 Å². The van der Waals surface area contributed by atoms with Crippen LogP contribution in [0.2, 0.25) is 5.02 Å². The SMILES string of the molecule is COc1ccc2ncc(Cl)c([C@@H](F)CC[C@@H]3CCN(CC#Cc4sccc4F)C[C@@H]3CC(=O)O)c2c1. The van der Waals surface area contributed by atoms with Crippen molar-refractivity contribution < 1.29 is 23.4 Å². The zero-order valence-electron chi connectivity index (χ0n) is 19.8. The van der Waals surface area contributed by atoms with Crippen molar-refractivity contribution in [3.05, 3.63) is 57.1 Å². The van der Waals surface area contributed by atoms with Crippen LogP contribution in [0.1, 0.15) is 42.3 Å². The Morgan fingerprint density at radius 3 is 2.94 bits per heavy atom. The van der Waals surface area contributed by atoms with Gasteiger partial charge in [-0.3, -0.25) is 14.7 Å². The number of carboxylic acids is 1. The summed E-state index contributed by atoms with van der Waals surface area (Å²) >= 11 is 7.62. The summed E-state index contributed by atoms with van der Waals surface area (Å²) in [5.74, 6) is 5.21. The zero-order valence-corrected chi connectivity index (χ0v) is 21.4. The molecule has 5 nitrogen and oxygen atoms in total. The number of thiophene rings is 1. The van der Waals surface area contributed by atoms with E-state index in [0.29, 0.717) is 46.6 Å². The molecule has 2 aromatic heterocycles. The molecule has 1 saturated heterocycles. The molecule has 0 radical (unpaired) electrons. The number of halogens is 3. The minimum absolute atomic E-state index is 0.0151. The van der Waals surface area contributed by atoms with E-state index in [2.05, 4.69) is 21.7 Å². The lowest BCUT2D eigenvalue weighted by molar-refractivity contribution is -0.139. The quantitative estimate of drug-likeness (QED) is 0.342. The summed E-state index contributed by atoms with van der Waals surface area (Å²) in [5.41, 5.74) is 1.03. The summed E-state index contributed by atoms with van der Waals surface area (Å²) in [7, 11) is 1.55. The average Bonchev–Trinajstić information content (AvgIpc) is 3.27. The van der Waals surface area contributed by atoms with Gasteiger partial charge in [0.05, 0.1) is 24.2 Å². The lowest BCUT2D eigenvalue weighted by Crippen LogP contribution is -2.41. The maximum atomic E-state index is 15.6. The third-order valence-electron chi connectivity index (χ3n) is 6.71. The number of carbonyl (C=O) groups is 1. The van der Waals surface area contributed by atoms with Crippen LogP contribution >= 0.6 is 22.9 Å². The monoisotopic (exact) mass is 532 g/mol. The highest BCUT2D eigenvalue weighted by Gasteiger charge is 2.31. The molecule has 0 unspecified atom stereocenters. The average molecular weight is 533 g/mol. The van der Waals surface area contributed by atoms with Gasteiger partial charge in [0, 0.05) is 30.1 Å². The highest BCUT2D eigenvalue weighted by atomic mass is 35.5. The maximum Gasteiger partial charge on any atom is 0.303 e. The second kappa shape index (κ2) is 12.0. The van der Waals surface area contributed by atoms with Gasteiger partial charge in [-0.2, -0.15) is 0 Å². The first-order valence-corrected chi connectivity index (χ1v) is 13.0. The minimum Gasteiger partial charge on any atom is -0.497 e. The molecule has 3 atom stereocenters. The molecular formula is C27H27ClF2N2O3S. The summed E-state index contributed by atoms with van der Waals surface area (Å²) in [4.78, 5) is 18.3. The van der Waals surface area contributed by atoms with E-state index in [1.54, 1.807) is 30.7 Å². The van der Waals surface area contributed by atoms with Crippen LogP contribution in [0.15, 0.2) is 35.8 Å². The van der Waals surface area contributed by atoms with E-state index >= 15 is 4.39 Å². The first-order valence-electron chi connectivity index (χ1n) is 11.8. The second-order valence-electron chi connectivity index (χ2n) is 8.99. The first kappa shape index (κ1) is 26.3. The third kappa shape index (κ3) is 6.33. The molecule has 0 bridgehead atoms. The number of fused-ring (bicyclic) bond motifs is 1. The normalized spacial score (nSPS) is 19.0. The van der Waals surface area contributed by atoms with Crippen LogP contribution in [-0.2, 0) is 4.79 Å². The Morgan fingerprint density at radius 2 is 2.22 bits per heavy atom. The van der Waals surface area contributed by atoms with Crippen LogP contribution in [0.3, 0.4) is 0 Å². The molecule has 0 saturated carbocycles. The van der Waals surface area contributed by atoms with Crippen molar-refractivity contribution in [2.24, 2.45) is 11.8 Å². The van der Waals surface area contributed by atoms with Gasteiger partial charge in [-0.15, -0.1) is 11.3 Å². The number of aromatic nitrogens is 1. The predicted octanol–water partition coefficient (Wildman–Crippen LogP) is 6.35. The fourth-order valence-corrected chi connectivity index (χ4v) is 5.77. The van der Waals surface area contributed by atoms with Gasteiger partial charge in [0.15, 0.2) is 0 Å². The number of ether oxygens (including phenoxy) is 1. The van der Waals surface area contributed by atoms with E-state index < -0.39 is 12.1 Å². The highest BCUT2D eigenvalue weighted by Crippen LogP contribution is 2.39. The van der Waals surface area contributed by atoms with Crippen molar-refractivity contribution >= 4 is 39.8 Å². The topological polar surface area (TPSA) is 62.7 Å². The molecule has 0 spiro atoms. The number of aliphatic carboxylic acids is 1. The van der Waals surface area contributed by atoms with E-state index in [1.807, 2.05) is 0 Å². The molecule has 4 rings (SSSR count). The van der Waals surface area contributed by atoms with E-state index in [0.717, 1.165) is 13.0 Å². The number of likely N-dealkylation sites (tertiary alicyclic amines) is 1. The van der Waals surface area contributed by atoms with Crippen LogP contribution in [-0.4, -0.2) is 47.7 Å². The number of benzene rings is 1. The van der Waals surface area contributed by atoms with Gasteiger partial charge in [-0.1, -0.05) is 23.4 Å². The standard InChI is InChI=1S/C27H27ClF2N2O3S/c1-35-19-5-7-24-20(14-19)27(21(28)15-31-24)23(30)6-4-17-8-11-32(16-18(17)13-26(33)34)10-2-3-25-22(29)9-12-36-25/h5,7,9,12,14-15,17-18,23H,4,6,8,10-11,13,16H2,1H3,(H,33,34)/t17-,18+,23+/m1/s1. The summed E-state index contributed by atoms with van der Waals surface area (Å²) in [6.07, 6.45) is 1.69. The van der Waals surface area contributed by atoms with Crippen LogP contribution in [0.4, 0.5) is 8.78 Å². The Hall–Kier alpha value is -2.73. The number of alkyl halides is 1. The lowest BCUT2D eigenvalue weighted by atomic mass is 9.79. The number of hydrogen-bond acceptors (Lipinski definition) is 5. The van der Waals surface area contributed by atoms with Gasteiger partial charge in [0.1, 0.15) is 22.6 Å². The fraction of sp³-hybridized carbons (Fsp3) is 0.407. The molecule has 0 amide bonds. The maximum absolute atomic E-state index is 15.6. The molecule has 0 aliphatic carbocycles. The van der Waals surface area contributed by atoms with Gasteiger partial charge < -0.3 is 9.84 Å². The Balaban J connectivity index is 1.42. The third-order valence-corrected chi connectivity index (χ3v) is 7.81. The van der Waals surface area contributed by atoms with E-state index in [1.165, 1.54) is 23.6 Å². The second-order valence-corrected chi connectivity index (χ2v) is 10.3. The van der Waals surface area contributed by atoms with Crippen LogP contribution in [0.25, 0.3) is 10.9 Å². The molecular weight excluding hydrogens is 506 g/mol. The zero-order chi connectivity index (χ0) is 25.7. The fourth-order valence-electron chi connectivity index (χ4n) is 4.87. The van der Waals surface area contributed by atoms with Crippen LogP contribution < -0.4 is 4.74 Å². The Bertz CT molecular complexity index is 1290. The van der Waals surface area contributed by atoms with E-state index in [9.17, 15) is 14.3 Å². The van der Waals surface area contributed by atoms with Crippen molar-refractivity contribution in [2.75, 3.05) is 26.7 Å². The minimum atomic E-state index is -1.31. The summed E-state index contributed by atoms with van der Waals surface area (Å²) in [6.45, 7) is 1.73. The largest absolute Gasteiger partial charge is 0.497 e. The summed E-state index contributed by atoms with van der Waals surface area (Å²) < 4.78 is 34.4. The molecule has 3 aromatic rings. The van der Waals surface area contributed by atoms with Gasteiger partial charge in [0.2, 0.25) is 0 Å². The van der Waals surface area contributed by atoms with Crippen LogP contribution in [0.5, 0.6) is 5.75 Å². The van der Waals surface area contributed by atoms with Crippen molar-refractivity contribution in [2.45, 2.75) is 31.9 Å². The molecule has 1 N–H and O–H groups in total. The van der Waals surface area contributed by atoms with Crippen molar-refractivity contribution in [3.63, 3.8) is 0 Å². The predicted molar refractivity (Wildman–Crippen MR) is 138 cm³/mol. The van der Waals surface area contributed by atoms with Crippen molar-refractivity contribution in [1.29, 1.82) is 0 Å². The number of methoxy groups -OCH3 is 1. The highest BCUT2D eigenvalue weighted by molar-refractivity contribution is 7.10. The van der Waals surface area contributed by atoms with Crippen molar-refractivity contribution in [3.8, 4) is 17.6 Å². The smallest absolute Gasteiger partial charge is 0.303 e. The Morgan fingerprint density at radius 1 is 1.39 bits per heavy atom.